The number of halogens is 3. The first-order chi connectivity index (χ1) is 14.9. The number of anilines is 1. The highest BCUT2D eigenvalue weighted by Crippen LogP contribution is 2.25. The van der Waals surface area contributed by atoms with Crippen LogP contribution in [0.5, 0.6) is 0 Å². The van der Waals surface area contributed by atoms with Crippen molar-refractivity contribution in [2.45, 2.75) is 26.4 Å². The first-order valence-electron chi connectivity index (χ1n) is 9.68. The molecule has 0 aromatic heterocycles. The van der Waals surface area contributed by atoms with Gasteiger partial charge in [0.25, 0.3) is 0 Å². The van der Waals surface area contributed by atoms with E-state index in [-0.39, 0.29) is 23.2 Å². The maximum Gasteiger partial charge on any atom is 0.244 e. The molecule has 1 atom stereocenters. The van der Waals surface area contributed by atoms with Crippen LogP contribution in [-0.4, -0.2) is 50.5 Å². The number of hydrogen-bond acceptors (Lipinski definition) is 4. The maximum absolute atomic E-state index is 13.6. The van der Waals surface area contributed by atoms with E-state index in [1.807, 2.05) is 0 Å². The molecule has 1 N–H and O–H groups in total. The molecule has 0 bridgehead atoms. The van der Waals surface area contributed by atoms with E-state index in [9.17, 15) is 22.4 Å². The van der Waals surface area contributed by atoms with E-state index in [4.69, 9.17) is 11.6 Å². The lowest BCUT2D eigenvalue weighted by Crippen LogP contribution is -2.51. The van der Waals surface area contributed by atoms with Gasteiger partial charge in [-0.2, -0.15) is 0 Å². The van der Waals surface area contributed by atoms with Crippen molar-refractivity contribution in [3.8, 4) is 0 Å². The van der Waals surface area contributed by atoms with Gasteiger partial charge in [-0.25, -0.2) is 12.8 Å². The quantitative estimate of drug-likeness (QED) is 0.519. The third kappa shape index (κ3) is 6.91. The number of carbonyl (C=O) groups excluding carboxylic acids is 2. The van der Waals surface area contributed by atoms with Crippen molar-refractivity contribution in [1.82, 2.24) is 10.2 Å². The Morgan fingerprint density at radius 3 is 2.34 bits per heavy atom. The van der Waals surface area contributed by atoms with E-state index in [1.54, 1.807) is 38.1 Å². The second-order valence-electron chi connectivity index (χ2n) is 7.09. The number of rotatable bonds is 9. The Bertz CT molecular complexity index is 1080. The van der Waals surface area contributed by atoms with Crippen LogP contribution in [-0.2, 0) is 26.2 Å². The lowest BCUT2D eigenvalue weighted by molar-refractivity contribution is -0.139. The molecule has 174 valence electrons. The summed E-state index contributed by atoms with van der Waals surface area (Å²) in [6.07, 6.45) is 0.934. The van der Waals surface area contributed by atoms with Crippen LogP contribution >= 0.6 is 27.5 Å². The van der Waals surface area contributed by atoms with E-state index in [1.165, 1.54) is 11.0 Å². The van der Waals surface area contributed by atoms with Crippen LogP contribution in [0.3, 0.4) is 0 Å². The number of hydrogen-bond donors (Lipinski definition) is 1. The van der Waals surface area contributed by atoms with Gasteiger partial charge in [-0.1, -0.05) is 39.7 Å². The largest absolute Gasteiger partial charge is 0.355 e. The average molecular weight is 549 g/mol. The van der Waals surface area contributed by atoms with E-state index in [2.05, 4.69) is 21.2 Å². The zero-order chi connectivity index (χ0) is 24.1. The highest BCUT2D eigenvalue weighted by atomic mass is 79.9. The van der Waals surface area contributed by atoms with E-state index in [0.29, 0.717) is 6.54 Å². The van der Waals surface area contributed by atoms with Crippen molar-refractivity contribution >= 4 is 55.1 Å². The van der Waals surface area contributed by atoms with Crippen LogP contribution in [0.2, 0.25) is 5.02 Å². The van der Waals surface area contributed by atoms with E-state index >= 15 is 0 Å². The Labute approximate surface area is 200 Å². The third-order valence-corrected chi connectivity index (χ3v) is 6.61. The van der Waals surface area contributed by atoms with Crippen molar-refractivity contribution in [2.75, 3.05) is 23.7 Å². The molecule has 11 heteroatoms. The van der Waals surface area contributed by atoms with E-state index < -0.39 is 34.3 Å². The molecule has 0 aliphatic rings. The van der Waals surface area contributed by atoms with Gasteiger partial charge in [0.05, 0.1) is 17.0 Å². The summed E-state index contributed by atoms with van der Waals surface area (Å²) in [6, 6.07) is 9.72. The topological polar surface area (TPSA) is 86.8 Å². The fraction of sp³-hybridized carbons (Fsp3) is 0.333. The number of amides is 2. The predicted molar refractivity (Wildman–Crippen MR) is 126 cm³/mol. The lowest BCUT2D eigenvalue weighted by atomic mass is 10.1. The van der Waals surface area contributed by atoms with Gasteiger partial charge >= 0.3 is 0 Å². The molecule has 32 heavy (non-hydrogen) atoms. The molecule has 0 spiro atoms. The molecule has 0 saturated heterocycles. The summed E-state index contributed by atoms with van der Waals surface area (Å²) < 4.78 is 40.1. The Balaban J connectivity index is 2.39. The second kappa shape index (κ2) is 11.1. The highest BCUT2D eigenvalue weighted by Gasteiger charge is 2.30. The SMILES string of the molecule is CCNC(=O)C(C)N(Cc1ccc(Br)cc1)C(=O)CN(c1ccc(F)c(Cl)c1)S(C)(=O)=O. The number of likely N-dealkylation sites (N-methyl/N-ethyl adjacent to an activating group) is 1. The zero-order valence-electron chi connectivity index (χ0n) is 17.8. The summed E-state index contributed by atoms with van der Waals surface area (Å²) in [4.78, 5) is 27.0. The summed E-state index contributed by atoms with van der Waals surface area (Å²) >= 11 is 9.15. The molecular formula is C21H24BrClFN3O4S. The van der Waals surface area contributed by atoms with Crippen LogP contribution < -0.4 is 9.62 Å². The van der Waals surface area contributed by atoms with Crippen molar-refractivity contribution in [3.05, 3.63) is 63.3 Å². The smallest absolute Gasteiger partial charge is 0.244 e. The predicted octanol–water partition coefficient (Wildman–Crippen LogP) is 3.56. The minimum Gasteiger partial charge on any atom is -0.355 e. The second-order valence-corrected chi connectivity index (χ2v) is 10.3. The van der Waals surface area contributed by atoms with Gasteiger partial charge in [-0.15, -0.1) is 0 Å². The number of benzene rings is 2. The fourth-order valence-electron chi connectivity index (χ4n) is 2.94. The summed E-state index contributed by atoms with van der Waals surface area (Å²) in [7, 11) is -3.91. The van der Waals surface area contributed by atoms with Gasteiger partial charge in [0.15, 0.2) is 0 Å². The standard InChI is InChI=1S/C21H24BrClFN3O4S/c1-4-25-21(29)14(2)26(12-15-5-7-16(22)8-6-15)20(28)13-27(32(3,30)31)17-9-10-19(24)18(23)11-17/h5-11,14H,4,12-13H2,1-3H3,(H,25,29). The summed E-state index contributed by atoms with van der Waals surface area (Å²) in [5, 5.41) is 2.40. The molecule has 2 aromatic carbocycles. The van der Waals surface area contributed by atoms with Gasteiger partial charge in [0, 0.05) is 17.6 Å². The first kappa shape index (κ1) is 26.1. The Morgan fingerprint density at radius 2 is 1.81 bits per heavy atom. The molecular weight excluding hydrogens is 525 g/mol. The molecule has 0 fully saturated rings. The van der Waals surface area contributed by atoms with Crippen LogP contribution in [0.4, 0.5) is 10.1 Å². The molecule has 1 unspecified atom stereocenters. The van der Waals surface area contributed by atoms with Gasteiger partial charge in [-0.3, -0.25) is 13.9 Å². The minimum atomic E-state index is -3.91. The normalized spacial score (nSPS) is 12.2. The molecule has 0 heterocycles. The van der Waals surface area contributed by atoms with Crippen LogP contribution in [0, 0.1) is 5.82 Å². The molecule has 0 radical (unpaired) electrons. The number of carbonyl (C=O) groups is 2. The van der Waals surface area contributed by atoms with Crippen molar-refractivity contribution < 1.29 is 22.4 Å². The Hall–Kier alpha value is -2.17. The number of nitrogens with one attached hydrogen (secondary N) is 1. The van der Waals surface area contributed by atoms with Gasteiger partial charge < -0.3 is 10.2 Å². The van der Waals surface area contributed by atoms with Crippen LogP contribution in [0.15, 0.2) is 46.9 Å². The van der Waals surface area contributed by atoms with Crippen LogP contribution in [0.1, 0.15) is 19.4 Å². The van der Waals surface area contributed by atoms with Gasteiger partial charge in [0.2, 0.25) is 21.8 Å². The molecule has 2 rings (SSSR count). The average Bonchev–Trinajstić information content (AvgIpc) is 2.72. The maximum atomic E-state index is 13.6. The monoisotopic (exact) mass is 547 g/mol. The van der Waals surface area contributed by atoms with Crippen molar-refractivity contribution in [3.63, 3.8) is 0 Å². The molecule has 2 aromatic rings. The first-order valence-corrected chi connectivity index (χ1v) is 12.7. The van der Waals surface area contributed by atoms with Crippen molar-refractivity contribution in [1.29, 1.82) is 0 Å². The highest BCUT2D eigenvalue weighted by molar-refractivity contribution is 9.10. The Morgan fingerprint density at radius 1 is 1.19 bits per heavy atom. The molecule has 2 amide bonds. The number of nitrogens with zero attached hydrogens (tertiary/aromatic N) is 2. The zero-order valence-corrected chi connectivity index (χ0v) is 21.0. The Kier molecular flexibility index (Phi) is 9.06. The van der Waals surface area contributed by atoms with Crippen molar-refractivity contribution in [2.24, 2.45) is 0 Å². The third-order valence-electron chi connectivity index (χ3n) is 4.65. The van der Waals surface area contributed by atoms with E-state index in [0.717, 1.165) is 32.7 Å². The summed E-state index contributed by atoms with van der Waals surface area (Å²) in [6.45, 7) is 3.22. The minimum absolute atomic E-state index is 0.0431. The fourth-order valence-corrected chi connectivity index (χ4v) is 4.23. The summed E-state index contributed by atoms with van der Waals surface area (Å²) in [5.74, 6) is -1.68. The van der Waals surface area contributed by atoms with Gasteiger partial charge in [0.1, 0.15) is 18.4 Å². The lowest BCUT2D eigenvalue weighted by Gasteiger charge is -2.31. The van der Waals surface area contributed by atoms with Gasteiger partial charge in [-0.05, 0) is 49.7 Å². The molecule has 7 nitrogen and oxygen atoms in total. The summed E-state index contributed by atoms with van der Waals surface area (Å²) in [5.41, 5.74) is 0.801. The molecule has 0 saturated carbocycles. The molecule has 0 aliphatic heterocycles. The number of sulfonamides is 1. The van der Waals surface area contributed by atoms with Crippen LogP contribution in [0.25, 0.3) is 0 Å². The molecule has 0 aliphatic carbocycles.